The molecule has 1 fully saturated rings. The van der Waals surface area contributed by atoms with Gasteiger partial charge in [-0.1, -0.05) is 30.3 Å². The number of rotatable bonds is 4. The molecule has 1 aromatic carbocycles. The van der Waals surface area contributed by atoms with Crippen molar-refractivity contribution in [2.45, 2.75) is 31.3 Å². The number of amides is 1. The van der Waals surface area contributed by atoms with Crippen LogP contribution in [0.15, 0.2) is 30.3 Å². The molecule has 0 spiro atoms. The zero-order valence-corrected chi connectivity index (χ0v) is 11.4. The van der Waals surface area contributed by atoms with Gasteiger partial charge in [0.2, 0.25) is 5.91 Å². The van der Waals surface area contributed by atoms with Crippen LogP contribution in [0.4, 0.5) is 0 Å². The fourth-order valence-electron chi connectivity index (χ4n) is 2.25. The molecule has 3 nitrogen and oxygen atoms in total. The molecule has 0 aliphatic carbocycles. The van der Waals surface area contributed by atoms with Crippen molar-refractivity contribution in [3.05, 3.63) is 35.9 Å². The van der Waals surface area contributed by atoms with Gasteiger partial charge in [-0.05, 0) is 18.9 Å². The lowest BCUT2D eigenvalue weighted by Crippen LogP contribution is -2.40. The minimum absolute atomic E-state index is 0.0665. The highest BCUT2D eigenvalue weighted by Gasteiger charge is 2.24. The molecule has 18 heavy (non-hydrogen) atoms. The van der Waals surface area contributed by atoms with Gasteiger partial charge in [0.25, 0.3) is 0 Å². The van der Waals surface area contributed by atoms with Gasteiger partial charge in [0.15, 0.2) is 0 Å². The molecule has 2 atom stereocenters. The van der Waals surface area contributed by atoms with E-state index in [0.29, 0.717) is 0 Å². The number of nitrogens with zero attached hydrogens (tertiary/aromatic N) is 1. The summed E-state index contributed by atoms with van der Waals surface area (Å²) in [5, 5.41) is 2.53. The van der Waals surface area contributed by atoms with Crippen LogP contribution in [0.2, 0.25) is 0 Å². The van der Waals surface area contributed by atoms with Crippen LogP contribution in [0.1, 0.15) is 18.9 Å². The smallest absolute Gasteiger partial charge is 0.238 e. The second kappa shape index (κ2) is 6.21. The predicted molar refractivity (Wildman–Crippen MR) is 73.6 cm³/mol. The predicted octanol–water partition coefficient (Wildman–Crippen LogP) is 2.00. The molecule has 1 saturated heterocycles. The first kappa shape index (κ1) is 13.4. The molecule has 0 radical (unpaired) electrons. The first-order valence-corrected chi connectivity index (χ1v) is 6.79. The van der Waals surface area contributed by atoms with Crippen LogP contribution in [-0.2, 0) is 11.3 Å². The Balaban J connectivity index is 1.80. The number of benzene rings is 1. The van der Waals surface area contributed by atoms with E-state index in [0.717, 1.165) is 26.1 Å². The van der Waals surface area contributed by atoms with Crippen LogP contribution in [-0.4, -0.2) is 35.3 Å². The lowest BCUT2D eigenvalue weighted by molar-refractivity contribution is -0.121. The average Bonchev–Trinajstić information content (AvgIpc) is 2.77. The molecule has 98 valence electrons. The van der Waals surface area contributed by atoms with Crippen LogP contribution in [0.25, 0.3) is 0 Å². The third-order valence-electron chi connectivity index (χ3n) is 3.23. The normalized spacial score (nSPS) is 21.8. The third-order valence-corrected chi connectivity index (χ3v) is 3.43. The minimum atomic E-state index is -0.451. The molecule has 1 aliphatic heterocycles. The quantitative estimate of drug-likeness (QED) is 0.846. The van der Waals surface area contributed by atoms with E-state index >= 15 is 0 Å². The van der Waals surface area contributed by atoms with Crippen molar-refractivity contribution < 1.29 is 4.79 Å². The zero-order valence-electron chi connectivity index (χ0n) is 10.6. The van der Waals surface area contributed by atoms with Gasteiger partial charge >= 0.3 is 0 Å². The number of halogens is 1. The number of alkyl halides is 1. The minimum Gasteiger partial charge on any atom is -0.351 e. The summed E-state index contributed by atoms with van der Waals surface area (Å²) in [6, 6.07) is 10.6. The maximum Gasteiger partial charge on any atom is 0.238 e. The number of carbonyl (C=O) groups is 1. The summed E-state index contributed by atoms with van der Waals surface area (Å²) < 4.78 is 0. The Hall–Kier alpha value is -1.06. The first-order chi connectivity index (χ1) is 8.65. The van der Waals surface area contributed by atoms with E-state index in [1.807, 2.05) is 6.07 Å². The molecule has 0 saturated carbocycles. The van der Waals surface area contributed by atoms with Gasteiger partial charge < -0.3 is 5.32 Å². The monoisotopic (exact) mass is 266 g/mol. The highest BCUT2D eigenvalue weighted by molar-refractivity contribution is 6.30. The zero-order chi connectivity index (χ0) is 13.0. The summed E-state index contributed by atoms with van der Waals surface area (Å²) in [5.41, 5.74) is 1.31. The fourth-order valence-corrected chi connectivity index (χ4v) is 2.31. The van der Waals surface area contributed by atoms with E-state index in [-0.39, 0.29) is 11.9 Å². The van der Waals surface area contributed by atoms with Crippen molar-refractivity contribution in [2.24, 2.45) is 0 Å². The maximum atomic E-state index is 11.5. The number of hydrogen-bond donors (Lipinski definition) is 1. The molecule has 1 aromatic rings. The number of hydrogen-bond acceptors (Lipinski definition) is 2. The molecule has 1 heterocycles. The van der Waals surface area contributed by atoms with Crippen molar-refractivity contribution in [3.8, 4) is 0 Å². The van der Waals surface area contributed by atoms with Gasteiger partial charge in [-0.2, -0.15) is 0 Å². The van der Waals surface area contributed by atoms with Gasteiger partial charge in [0, 0.05) is 25.7 Å². The van der Waals surface area contributed by atoms with E-state index in [2.05, 4.69) is 34.5 Å². The third kappa shape index (κ3) is 3.72. The van der Waals surface area contributed by atoms with E-state index in [1.165, 1.54) is 5.56 Å². The molecule has 1 N–H and O–H groups in total. The summed E-state index contributed by atoms with van der Waals surface area (Å²) in [6.45, 7) is 4.58. The van der Waals surface area contributed by atoms with E-state index in [1.54, 1.807) is 6.92 Å². The van der Waals surface area contributed by atoms with E-state index in [9.17, 15) is 4.79 Å². The topological polar surface area (TPSA) is 32.3 Å². The average molecular weight is 267 g/mol. The van der Waals surface area contributed by atoms with Crippen molar-refractivity contribution in [1.82, 2.24) is 10.2 Å². The molecule has 2 rings (SSSR count). The Kier molecular flexibility index (Phi) is 4.61. The highest BCUT2D eigenvalue weighted by Crippen LogP contribution is 2.13. The van der Waals surface area contributed by atoms with Crippen LogP contribution in [0, 0.1) is 0 Å². The van der Waals surface area contributed by atoms with Gasteiger partial charge in [-0.15, -0.1) is 11.6 Å². The lowest BCUT2D eigenvalue weighted by atomic mass is 10.2. The van der Waals surface area contributed by atoms with Gasteiger partial charge in [0.05, 0.1) is 0 Å². The Labute approximate surface area is 113 Å². The van der Waals surface area contributed by atoms with Crippen LogP contribution >= 0.6 is 11.6 Å². The molecule has 0 bridgehead atoms. The highest BCUT2D eigenvalue weighted by atomic mass is 35.5. The summed E-state index contributed by atoms with van der Waals surface area (Å²) in [6.07, 6.45) is 1.00. The summed E-state index contributed by atoms with van der Waals surface area (Å²) in [5.74, 6) is -0.0665. The second-order valence-corrected chi connectivity index (χ2v) is 5.49. The number of nitrogens with one attached hydrogen (secondary N) is 1. The molecule has 1 amide bonds. The lowest BCUT2D eigenvalue weighted by Gasteiger charge is -2.17. The van der Waals surface area contributed by atoms with Gasteiger partial charge in [-0.25, -0.2) is 0 Å². The molecule has 4 heteroatoms. The summed E-state index contributed by atoms with van der Waals surface area (Å²) in [7, 11) is 0. The standard InChI is InChI=1S/C14H19ClN2O/c1-11(15)14(18)16-13-7-8-17(10-13)9-12-5-3-2-4-6-12/h2-6,11,13H,7-10H2,1H3,(H,16,18)/t11-,13+/m1/s1. The molecule has 0 aromatic heterocycles. The molecular weight excluding hydrogens is 248 g/mol. The Morgan fingerprint density at radius 1 is 1.50 bits per heavy atom. The van der Waals surface area contributed by atoms with E-state index < -0.39 is 5.38 Å². The molecular formula is C14H19ClN2O. The first-order valence-electron chi connectivity index (χ1n) is 6.36. The van der Waals surface area contributed by atoms with Crippen LogP contribution in [0.5, 0.6) is 0 Å². The number of likely N-dealkylation sites (tertiary alicyclic amines) is 1. The van der Waals surface area contributed by atoms with E-state index in [4.69, 9.17) is 11.6 Å². The van der Waals surface area contributed by atoms with Crippen molar-refractivity contribution in [1.29, 1.82) is 0 Å². The van der Waals surface area contributed by atoms with Crippen molar-refractivity contribution >= 4 is 17.5 Å². The number of carbonyl (C=O) groups excluding carboxylic acids is 1. The Morgan fingerprint density at radius 2 is 2.22 bits per heavy atom. The molecule has 1 aliphatic rings. The summed E-state index contributed by atoms with van der Waals surface area (Å²) in [4.78, 5) is 13.9. The van der Waals surface area contributed by atoms with Crippen LogP contribution in [0.3, 0.4) is 0 Å². The van der Waals surface area contributed by atoms with Gasteiger partial charge in [-0.3, -0.25) is 9.69 Å². The van der Waals surface area contributed by atoms with Gasteiger partial charge in [0.1, 0.15) is 5.38 Å². The Morgan fingerprint density at radius 3 is 2.89 bits per heavy atom. The SMILES string of the molecule is C[C@@H](Cl)C(=O)N[C@H]1CCN(Cc2ccccc2)C1. The second-order valence-electron chi connectivity index (χ2n) is 4.83. The summed E-state index contributed by atoms with van der Waals surface area (Å²) >= 11 is 5.75. The Bertz CT molecular complexity index is 394. The molecule has 0 unspecified atom stereocenters. The van der Waals surface area contributed by atoms with Crippen LogP contribution < -0.4 is 5.32 Å². The largest absolute Gasteiger partial charge is 0.351 e. The van der Waals surface area contributed by atoms with Crippen molar-refractivity contribution in [3.63, 3.8) is 0 Å². The van der Waals surface area contributed by atoms with Crippen molar-refractivity contribution in [2.75, 3.05) is 13.1 Å². The maximum absolute atomic E-state index is 11.5. The fraction of sp³-hybridized carbons (Fsp3) is 0.500.